The summed E-state index contributed by atoms with van der Waals surface area (Å²) in [7, 11) is 3.02. The van der Waals surface area contributed by atoms with Crippen LogP contribution in [0.3, 0.4) is 0 Å². The number of carbonyl (C=O) groups excluding carboxylic acids is 1. The standard InChI is InChI=1S/C24H22N2O5/c1-30-22-13-16(27)6-5-15(22)12-19-20(9-10-25-19)26-11-3-4-21(26)24(29)18-8-7-17(28)14-23(18)31-2/h3-11,13-14,25,27-28H,12H2,1-2H3. The molecule has 0 atom stereocenters. The highest BCUT2D eigenvalue weighted by Crippen LogP contribution is 2.30. The van der Waals surface area contributed by atoms with Gasteiger partial charge in [-0.15, -0.1) is 0 Å². The van der Waals surface area contributed by atoms with Gasteiger partial charge in [-0.3, -0.25) is 4.79 Å². The number of aromatic amines is 1. The number of hydrogen-bond donors (Lipinski definition) is 3. The number of benzene rings is 2. The maximum absolute atomic E-state index is 13.3. The van der Waals surface area contributed by atoms with Crippen molar-refractivity contribution in [3.05, 3.63) is 89.5 Å². The van der Waals surface area contributed by atoms with Gasteiger partial charge in [0.15, 0.2) is 0 Å². The fraction of sp³-hybridized carbons (Fsp3) is 0.125. The Labute approximate surface area is 179 Å². The molecular formula is C24H22N2O5. The van der Waals surface area contributed by atoms with E-state index in [2.05, 4.69) is 4.98 Å². The summed E-state index contributed by atoms with van der Waals surface area (Å²) in [5.41, 5.74) is 3.41. The summed E-state index contributed by atoms with van der Waals surface area (Å²) in [6, 6.07) is 14.9. The lowest BCUT2D eigenvalue weighted by molar-refractivity contribution is 0.103. The Hall–Kier alpha value is -4.13. The molecule has 0 aliphatic rings. The molecule has 0 amide bonds. The summed E-state index contributed by atoms with van der Waals surface area (Å²) in [6.07, 6.45) is 4.15. The average molecular weight is 418 g/mol. The summed E-state index contributed by atoms with van der Waals surface area (Å²) in [6.45, 7) is 0. The number of aromatic hydroxyl groups is 2. The molecule has 7 nitrogen and oxygen atoms in total. The second-order valence-electron chi connectivity index (χ2n) is 6.99. The van der Waals surface area contributed by atoms with Gasteiger partial charge in [0, 0.05) is 42.2 Å². The first-order chi connectivity index (χ1) is 15.0. The van der Waals surface area contributed by atoms with Crippen LogP contribution in [0.25, 0.3) is 5.69 Å². The molecule has 0 aliphatic heterocycles. The van der Waals surface area contributed by atoms with Crippen molar-refractivity contribution in [1.82, 2.24) is 9.55 Å². The Morgan fingerprint density at radius 1 is 0.968 bits per heavy atom. The molecule has 0 saturated heterocycles. The lowest BCUT2D eigenvalue weighted by Gasteiger charge is -2.13. The molecule has 7 heteroatoms. The summed E-state index contributed by atoms with van der Waals surface area (Å²) >= 11 is 0. The van der Waals surface area contributed by atoms with E-state index in [0.717, 1.165) is 16.9 Å². The van der Waals surface area contributed by atoms with Crippen LogP contribution < -0.4 is 9.47 Å². The highest BCUT2D eigenvalue weighted by atomic mass is 16.5. The molecule has 158 valence electrons. The van der Waals surface area contributed by atoms with Crippen molar-refractivity contribution in [1.29, 1.82) is 0 Å². The maximum Gasteiger partial charge on any atom is 0.213 e. The Bertz CT molecular complexity index is 1240. The van der Waals surface area contributed by atoms with E-state index in [1.165, 1.54) is 19.2 Å². The molecule has 4 rings (SSSR count). The van der Waals surface area contributed by atoms with Gasteiger partial charge in [-0.2, -0.15) is 0 Å². The number of H-pyrrole nitrogens is 1. The maximum atomic E-state index is 13.3. The minimum atomic E-state index is -0.226. The van der Waals surface area contributed by atoms with E-state index in [1.54, 1.807) is 37.4 Å². The van der Waals surface area contributed by atoms with Crippen molar-refractivity contribution in [2.75, 3.05) is 14.2 Å². The van der Waals surface area contributed by atoms with E-state index in [-0.39, 0.29) is 17.3 Å². The van der Waals surface area contributed by atoms with Gasteiger partial charge >= 0.3 is 0 Å². The van der Waals surface area contributed by atoms with Gasteiger partial charge in [-0.05, 0) is 36.4 Å². The second kappa shape index (κ2) is 8.31. The van der Waals surface area contributed by atoms with Crippen molar-refractivity contribution in [3.63, 3.8) is 0 Å². The number of methoxy groups -OCH3 is 2. The SMILES string of the molecule is COc1cc(O)ccc1Cc1[nH]ccc1-n1cccc1C(=O)c1ccc(O)cc1OC. The van der Waals surface area contributed by atoms with Crippen LogP contribution in [0, 0.1) is 0 Å². The lowest BCUT2D eigenvalue weighted by atomic mass is 10.1. The van der Waals surface area contributed by atoms with Crippen LogP contribution in [0.5, 0.6) is 23.0 Å². The largest absolute Gasteiger partial charge is 0.508 e. The fourth-order valence-corrected chi connectivity index (χ4v) is 3.61. The molecule has 2 aromatic heterocycles. The Balaban J connectivity index is 1.71. The van der Waals surface area contributed by atoms with Gasteiger partial charge in [-0.25, -0.2) is 0 Å². The smallest absolute Gasteiger partial charge is 0.213 e. The van der Waals surface area contributed by atoms with Crippen LogP contribution in [0.15, 0.2) is 67.0 Å². The van der Waals surface area contributed by atoms with Crippen LogP contribution in [0.4, 0.5) is 0 Å². The molecule has 31 heavy (non-hydrogen) atoms. The number of nitrogens with zero attached hydrogens (tertiary/aromatic N) is 1. The number of carbonyl (C=O) groups is 1. The van der Waals surface area contributed by atoms with Gasteiger partial charge in [0.05, 0.1) is 31.2 Å². The van der Waals surface area contributed by atoms with Crippen LogP contribution in [0.2, 0.25) is 0 Å². The molecule has 0 unspecified atom stereocenters. The van der Waals surface area contributed by atoms with Crippen LogP contribution in [0.1, 0.15) is 27.3 Å². The molecular weight excluding hydrogens is 396 g/mol. The Morgan fingerprint density at radius 3 is 2.42 bits per heavy atom. The summed E-state index contributed by atoms with van der Waals surface area (Å²) in [5, 5.41) is 19.4. The first-order valence-electron chi connectivity index (χ1n) is 9.63. The number of aromatic nitrogens is 2. The third kappa shape index (κ3) is 3.85. The van der Waals surface area contributed by atoms with Gasteiger partial charge in [-0.1, -0.05) is 6.07 Å². The number of ether oxygens (including phenoxy) is 2. The number of phenolic OH excluding ortho intramolecular Hbond substituents is 2. The summed E-state index contributed by atoms with van der Waals surface area (Å²) in [4.78, 5) is 16.5. The molecule has 3 N–H and O–H groups in total. The average Bonchev–Trinajstić information content (AvgIpc) is 3.43. The van der Waals surface area contributed by atoms with Crippen molar-refractivity contribution in [2.24, 2.45) is 0 Å². The van der Waals surface area contributed by atoms with Crippen molar-refractivity contribution in [2.45, 2.75) is 6.42 Å². The number of rotatable bonds is 7. The zero-order valence-electron chi connectivity index (χ0n) is 17.1. The predicted octanol–water partition coefficient (Wildman–Crippen LogP) is 4.06. The molecule has 0 spiro atoms. The minimum absolute atomic E-state index is 0.0274. The quantitative estimate of drug-likeness (QED) is 0.394. The first kappa shape index (κ1) is 20.2. The third-order valence-corrected chi connectivity index (χ3v) is 5.12. The fourth-order valence-electron chi connectivity index (χ4n) is 3.61. The molecule has 2 aromatic carbocycles. The van der Waals surface area contributed by atoms with Gasteiger partial charge in [0.25, 0.3) is 0 Å². The van der Waals surface area contributed by atoms with Gasteiger partial charge < -0.3 is 29.2 Å². The van der Waals surface area contributed by atoms with Gasteiger partial charge in [0.1, 0.15) is 23.0 Å². The second-order valence-corrected chi connectivity index (χ2v) is 6.99. The molecule has 4 aromatic rings. The van der Waals surface area contributed by atoms with E-state index in [9.17, 15) is 15.0 Å². The number of hydrogen-bond acceptors (Lipinski definition) is 5. The Kier molecular flexibility index (Phi) is 5.41. The first-order valence-corrected chi connectivity index (χ1v) is 9.63. The number of nitrogens with one attached hydrogen (secondary N) is 1. The number of ketones is 1. The zero-order valence-corrected chi connectivity index (χ0v) is 17.1. The van der Waals surface area contributed by atoms with E-state index in [4.69, 9.17) is 9.47 Å². The predicted molar refractivity (Wildman–Crippen MR) is 116 cm³/mol. The molecule has 0 radical (unpaired) electrons. The monoisotopic (exact) mass is 418 g/mol. The normalized spacial score (nSPS) is 10.8. The highest BCUT2D eigenvalue weighted by Gasteiger charge is 2.20. The van der Waals surface area contributed by atoms with Crippen LogP contribution in [-0.2, 0) is 6.42 Å². The van der Waals surface area contributed by atoms with Crippen molar-refractivity contribution >= 4 is 5.78 Å². The van der Waals surface area contributed by atoms with Crippen LogP contribution >= 0.6 is 0 Å². The van der Waals surface area contributed by atoms with Crippen molar-refractivity contribution in [3.8, 4) is 28.7 Å². The zero-order chi connectivity index (χ0) is 22.0. The van der Waals surface area contributed by atoms with E-state index < -0.39 is 0 Å². The molecule has 2 heterocycles. The minimum Gasteiger partial charge on any atom is -0.508 e. The Morgan fingerprint density at radius 2 is 1.68 bits per heavy atom. The van der Waals surface area contributed by atoms with Crippen molar-refractivity contribution < 1.29 is 24.5 Å². The molecule has 0 saturated carbocycles. The van der Waals surface area contributed by atoms with Gasteiger partial charge in [0.2, 0.25) is 5.78 Å². The summed E-state index contributed by atoms with van der Waals surface area (Å²) < 4.78 is 12.5. The van der Waals surface area contributed by atoms with E-state index in [0.29, 0.717) is 29.2 Å². The molecule has 0 aliphatic carbocycles. The molecule has 0 fully saturated rings. The van der Waals surface area contributed by atoms with Crippen LogP contribution in [-0.4, -0.2) is 39.8 Å². The highest BCUT2D eigenvalue weighted by molar-refractivity contribution is 6.10. The summed E-state index contributed by atoms with van der Waals surface area (Å²) in [5.74, 6) is 0.822. The van der Waals surface area contributed by atoms with E-state index in [1.807, 2.05) is 29.1 Å². The lowest BCUT2D eigenvalue weighted by Crippen LogP contribution is -2.10. The molecule has 0 bridgehead atoms. The topological polar surface area (TPSA) is 96.7 Å². The van der Waals surface area contributed by atoms with E-state index >= 15 is 0 Å². The number of phenols is 2. The third-order valence-electron chi connectivity index (χ3n) is 5.12.